The summed E-state index contributed by atoms with van der Waals surface area (Å²) in [4.78, 5) is 26.7. The van der Waals surface area contributed by atoms with E-state index in [0.29, 0.717) is 6.42 Å². The minimum absolute atomic E-state index is 0.0119. The molecule has 0 bridgehead atoms. The quantitative estimate of drug-likeness (QED) is 0.708. The van der Waals surface area contributed by atoms with Crippen LogP contribution in [0.4, 0.5) is 0 Å². The Kier molecular flexibility index (Phi) is 6.78. The normalized spacial score (nSPS) is 21.9. The summed E-state index contributed by atoms with van der Waals surface area (Å²) in [6, 6.07) is 0.188. The number of nitrogens with zero attached hydrogens (tertiary/aromatic N) is 1. The molecule has 1 unspecified atom stereocenters. The van der Waals surface area contributed by atoms with Gasteiger partial charge in [0.05, 0.1) is 0 Å². The predicted molar refractivity (Wildman–Crippen MR) is 109 cm³/mol. The minimum atomic E-state index is -0.273. The molecular formula is C22H42N2O2. The van der Waals surface area contributed by atoms with Crippen molar-refractivity contribution in [3.05, 3.63) is 0 Å². The van der Waals surface area contributed by atoms with E-state index in [9.17, 15) is 9.59 Å². The van der Waals surface area contributed by atoms with Crippen LogP contribution in [0.5, 0.6) is 0 Å². The molecule has 0 saturated carbocycles. The first kappa shape index (κ1) is 23.1. The highest BCUT2D eigenvalue weighted by Crippen LogP contribution is 2.42. The number of piperidine rings is 1. The maximum atomic E-state index is 13.4. The van der Waals surface area contributed by atoms with E-state index in [0.717, 1.165) is 25.5 Å². The maximum Gasteiger partial charge on any atom is 0.226 e. The number of aldehydes is 1. The third-order valence-electron chi connectivity index (χ3n) is 5.62. The summed E-state index contributed by atoms with van der Waals surface area (Å²) in [6.07, 6.45) is 3.96. The molecule has 0 aromatic rings. The molecule has 4 nitrogen and oxygen atoms in total. The fourth-order valence-electron chi connectivity index (χ4n) is 5.31. The summed E-state index contributed by atoms with van der Waals surface area (Å²) in [6.45, 7) is 19.6. The Labute approximate surface area is 161 Å². The molecule has 1 saturated heterocycles. The van der Waals surface area contributed by atoms with Crippen LogP contribution in [-0.4, -0.2) is 41.3 Å². The molecule has 1 heterocycles. The van der Waals surface area contributed by atoms with Crippen LogP contribution in [0.25, 0.3) is 0 Å². The van der Waals surface area contributed by atoms with Gasteiger partial charge in [-0.3, -0.25) is 4.79 Å². The highest BCUT2D eigenvalue weighted by molar-refractivity contribution is 5.82. The Morgan fingerprint density at radius 1 is 1.12 bits per heavy atom. The number of hydrogen-bond donors (Lipinski definition) is 1. The summed E-state index contributed by atoms with van der Waals surface area (Å²) < 4.78 is 0. The van der Waals surface area contributed by atoms with Crippen molar-refractivity contribution < 1.29 is 9.59 Å². The standard InChI is InChI=1S/C22H42N2O2/c1-19(2,3)15-20(4,5)17(11-12-25)18(26)24(10)16-13-21(6,7)23-22(8,9)14-16/h12,16-17,23H,11,13-15H2,1-10H3. The van der Waals surface area contributed by atoms with Gasteiger partial charge in [-0.05, 0) is 57.8 Å². The van der Waals surface area contributed by atoms with E-state index < -0.39 is 0 Å². The maximum absolute atomic E-state index is 13.4. The smallest absolute Gasteiger partial charge is 0.226 e. The second-order valence-corrected chi connectivity index (χ2v) is 11.6. The van der Waals surface area contributed by atoms with Crippen molar-refractivity contribution in [1.82, 2.24) is 10.2 Å². The van der Waals surface area contributed by atoms with E-state index in [4.69, 9.17) is 0 Å². The third kappa shape index (κ3) is 6.37. The topological polar surface area (TPSA) is 49.4 Å². The minimum Gasteiger partial charge on any atom is -0.342 e. The van der Waals surface area contributed by atoms with Gasteiger partial charge in [0.1, 0.15) is 6.29 Å². The molecule has 0 aromatic carbocycles. The lowest BCUT2D eigenvalue weighted by molar-refractivity contribution is -0.144. The Morgan fingerprint density at radius 2 is 1.58 bits per heavy atom. The molecule has 1 amide bonds. The zero-order valence-electron chi connectivity index (χ0n) is 18.8. The Hall–Kier alpha value is -0.900. The summed E-state index contributed by atoms with van der Waals surface area (Å²) in [7, 11) is 1.93. The largest absolute Gasteiger partial charge is 0.342 e. The van der Waals surface area contributed by atoms with Gasteiger partial charge in [0.2, 0.25) is 5.91 Å². The summed E-state index contributed by atoms with van der Waals surface area (Å²) >= 11 is 0. The molecule has 1 fully saturated rings. The monoisotopic (exact) mass is 366 g/mol. The number of amides is 1. The SMILES string of the molecule is CN(C(=O)C(CC=O)C(C)(C)CC(C)(C)C)C1CC(C)(C)NC(C)(C)C1. The van der Waals surface area contributed by atoms with Crippen molar-refractivity contribution in [3.63, 3.8) is 0 Å². The Bertz CT molecular complexity index is 499. The third-order valence-corrected chi connectivity index (χ3v) is 5.62. The fraction of sp³-hybridized carbons (Fsp3) is 0.909. The van der Waals surface area contributed by atoms with Crippen LogP contribution in [0.3, 0.4) is 0 Å². The van der Waals surface area contributed by atoms with Crippen molar-refractivity contribution in [2.24, 2.45) is 16.7 Å². The molecule has 1 aliphatic heterocycles. The number of nitrogens with one attached hydrogen (secondary N) is 1. The van der Waals surface area contributed by atoms with Crippen molar-refractivity contribution in [1.29, 1.82) is 0 Å². The Balaban J connectivity index is 3.06. The van der Waals surface area contributed by atoms with E-state index in [-0.39, 0.29) is 39.8 Å². The molecule has 0 spiro atoms. The van der Waals surface area contributed by atoms with Gasteiger partial charge in [-0.1, -0.05) is 34.6 Å². The number of hydrogen-bond acceptors (Lipinski definition) is 3. The van der Waals surface area contributed by atoms with Crippen LogP contribution in [-0.2, 0) is 9.59 Å². The molecule has 152 valence electrons. The fourth-order valence-corrected chi connectivity index (χ4v) is 5.31. The molecule has 0 aliphatic carbocycles. The van der Waals surface area contributed by atoms with Crippen LogP contribution < -0.4 is 5.32 Å². The van der Waals surface area contributed by atoms with Crippen LogP contribution >= 0.6 is 0 Å². The Morgan fingerprint density at radius 3 is 1.96 bits per heavy atom. The van der Waals surface area contributed by atoms with Gasteiger partial charge >= 0.3 is 0 Å². The first-order valence-electron chi connectivity index (χ1n) is 9.99. The zero-order valence-corrected chi connectivity index (χ0v) is 18.8. The second kappa shape index (κ2) is 7.61. The predicted octanol–water partition coefficient (Wildman–Crippen LogP) is 4.42. The molecule has 0 radical (unpaired) electrons. The van der Waals surface area contributed by atoms with Gasteiger partial charge < -0.3 is 15.0 Å². The second-order valence-electron chi connectivity index (χ2n) is 11.6. The average molecular weight is 367 g/mol. The first-order valence-corrected chi connectivity index (χ1v) is 9.99. The van der Waals surface area contributed by atoms with Gasteiger partial charge in [0.15, 0.2) is 0 Å². The van der Waals surface area contributed by atoms with Crippen molar-refractivity contribution >= 4 is 12.2 Å². The van der Waals surface area contributed by atoms with E-state index in [1.54, 1.807) is 0 Å². The number of rotatable bonds is 6. The molecule has 26 heavy (non-hydrogen) atoms. The molecule has 1 atom stereocenters. The lowest BCUT2D eigenvalue weighted by Crippen LogP contribution is -2.63. The summed E-state index contributed by atoms with van der Waals surface area (Å²) in [5.74, 6) is -0.157. The van der Waals surface area contributed by atoms with Crippen LogP contribution in [0.2, 0.25) is 0 Å². The van der Waals surface area contributed by atoms with Crippen molar-refractivity contribution in [2.45, 2.75) is 105 Å². The van der Waals surface area contributed by atoms with E-state index >= 15 is 0 Å². The van der Waals surface area contributed by atoms with Crippen molar-refractivity contribution in [2.75, 3.05) is 7.05 Å². The lowest BCUT2D eigenvalue weighted by atomic mass is 9.67. The summed E-state index contributed by atoms with van der Waals surface area (Å²) in [5.41, 5.74) is -0.130. The summed E-state index contributed by atoms with van der Waals surface area (Å²) in [5, 5.41) is 3.68. The van der Waals surface area contributed by atoms with Crippen molar-refractivity contribution in [3.8, 4) is 0 Å². The van der Waals surface area contributed by atoms with E-state index in [1.807, 2.05) is 11.9 Å². The molecular weight excluding hydrogens is 324 g/mol. The van der Waals surface area contributed by atoms with Gasteiger partial charge in [-0.2, -0.15) is 0 Å². The van der Waals surface area contributed by atoms with Crippen LogP contribution in [0.1, 0.15) is 88.0 Å². The highest BCUT2D eigenvalue weighted by atomic mass is 16.2. The molecule has 4 heteroatoms. The molecule has 1 rings (SSSR count). The highest BCUT2D eigenvalue weighted by Gasteiger charge is 2.44. The van der Waals surface area contributed by atoms with Crippen LogP contribution in [0.15, 0.2) is 0 Å². The first-order chi connectivity index (χ1) is 11.5. The molecule has 1 aliphatic rings. The average Bonchev–Trinajstić information content (AvgIpc) is 2.36. The van der Waals surface area contributed by atoms with E-state index in [1.165, 1.54) is 0 Å². The van der Waals surface area contributed by atoms with Gasteiger partial charge in [-0.25, -0.2) is 0 Å². The number of carbonyl (C=O) groups excluding carboxylic acids is 2. The molecule has 1 N–H and O–H groups in total. The lowest BCUT2D eigenvalue weighted by Gasteiger charge is -2.50. The zero-order chi connectivity index (χ0) is 20.6. The van der Waals surface area contributed by atoms with Gasteiger partial charge in [0.25, 0.3) is 0 Å². The van der Waals surface area contributed by atoms with Gasteiger partial charge in [0, 0.05) is 36.5 Å². The molecule has 0 aromatic heterocycles. The van der Waals surface area contributed by atoms with E-state index in [2.05, 4.69) is 67.6 Å². The van der Waals surface area contributed by atoms with Gasteiger partial charge in [-0.15, -0.1) is 0 Å². The number of carbonyl (C=O) groups is 2. The van der Waals surface area contributed by atoms with Crippen LogP contribution in [0, 0.1) is 16.7 Å².